The Labute approximate surface area is 482 Å². The van der Waals surface area contributed by atoms with Gasteiger partial charge in [-0.15, -0.1) is 0 Å². The zero-order chi connectivity index (χ0) is 56.9. The minimum Gasteiger partial charge on any atom is -0.477 e. The molecular formula is C69H128NO8+. The van der Waals surface area contributed by atoms with Crippen LogP contribution in [0.2, 0.25) is 0 Å². The SMILES string of the molecule is CCCCCC/C=C\C/C=C\CCCCCCCCCC(=O)OCC(COC(OCC[N+](C)(C)C)C(=O)O)OC(=O)CCCCCCCCCCCCCCCCCCCCCCCCC/C=C\C/C=C\CCCCCCC. The summed E-state index contributed by atoms with van der Waals surface area (Å²) < 4.78 is 22.9. The number of carbonyl (C=O) groups excluding carboxylic acids is 2. The Kier molecular flexibility index (Phi) is 58.2. The largest absolute Gasteiger partial charge is 0.477 e. The lowest BCUT2D eigenvalue weighted by Gasteiger charge is -2.25. The first-order chi connectivity index (χ1) is 38.1. The normalized spacial score (nSPS) is 13.0. The summed E-state index contributed by atoms with van der Waals surface area (Å²) in [6, 6.07) is 0. The molecule has 2 unspecified atom stereocenters. The van der Waals surface area contributed by atoms with Gasteiger partial charge in [0.05, 0.1) is 34.4 Å². The number of carboxylic acids is 1. The topological polar surface area (TPSA) is 108 Å². The number of carboxylic acid groups (broad SMARTS) is 1. The molecule has 0 aromatic heterocycles. The number of allylic oxidation sites excluding steroid dienone is 8. The van der Waals surface area contributed by atoms with E-state index in [0.717, 1.165) is 64.2 Å². The molecule has 9 nitrogen and oxygen atoms in total. The molecule has 0 radical (unpaired) electrons. The predicted octanol–water partition coefficient (Wildman–Crippen LogP) is 20.2. The number of unbranched alkanes of at least 4 members (excludes halogenated alkanes) is 39. The maximum atomic E-state index is 12.9. The van der Waals surface area contributed by atoms with Gasteiger partial charge in [0.25, 0.3) is 6.29 Å². The Balaban J connectivity index is 4.04. The average Bonchev–Trinajstić information content (AvgIpc) is 3.41. The van der Waals surface area contributed by atoms with E-state index in [1.807, 2.05) is 21.1 Å². The van der Waals surface area contributed by atoms with Crippen LogP contribution in [0.4, 0.5) is 0 Å². The molecule has 0 saturated carbocycles. The zero-order valence-corrected chi connectivity index (χ0v) is 52.1. The van der Waals surface area contributed by atoms with E-state index < -0.39 is 24.3 Å². The van der Waals surface area contributed by atoms with Crippen LogP contribution < -0.4 is 0 Å². The van der Waals surface area contributed by atoms with Crippen molar-refractivity contribution in [2.75, 3.05) is 47.5 Å². The number of aliphatic carboxylic acids is 1. The Morgan fingerprint density at radius 1 is 0.385 bits per heavy atom. The number of esters is 2. The van der Waals surface area contributed by atoms with Gasteiger partial charge in [0, 0.05) is 12.8 Å². The number of hydrogen-bond donors (Lipinski definition) is 1. The quantitative estimate of drug-likeness (QED) is 0.0211. The highest BCUT2D eigenvalue weighted by Gasteiger charge is 2.25. The lowest BCUT2D eigenvalue weighted by molar-refractivity contribution is -0.870. The first-order valence-electron chi connectivity index (χ1n) is 33.3. The van der Waals surface area contributed by atoms with Crippen LogP contribution in [0.5, 0.6) is 0 Å². The monoisotopic (exact) mass is 1100 g/mol. The van der Waals surface area contributed by atoms with E-state index in [4.69, 9.17) is 18.9 Å². The number of ether oxygens (including phenoxy) is 4. The summed E-state index contributed by atoms with van der Waals surface area (Å²) in [7, 11) is 5.98. The van der Waals surface area contributed by atoms with Crippen LogP contribution in [-0.2, 0) is 33.3 Å². The van der Waals surface area contributed by atoms with Crippen molar-refractivity contribution in [3.8, 4) is 0 Å². The van der Waals surface area contributed by atoms with Gasteiger partial charge in [0.15, 0.2) is 6.10 Å². The van der Waals surface area contributed by atoms with Gasteiger partial charge in [0.1, 0.15) is 13.2 Å². The fourth-order valence-corrected chi connectivity index (χ4v) is 9.67. The number of nitrogens with zero attached hydrogens (tertiary/aromatic N) is 1. The maximum Gasteiger partial charge on any atom is 0.361 e. The summed E-state index contributed by atoms with van der Waals surface area (Å²) in [5.74, 6) is -2.00. The molecule has 0 amide bonds. The molecule has 9 heteroatoms. The third-order valence-corrected chi connectivity index (χ3v) is 14.8. The summed E-state index contributed by atoms with van der Waals surface area (Å²) in [4.78, 5) is 37.5. The highest BCUT2D eigenvalue weighted by molar-refractivity contribution is 5.71. The molecule has 0 saturated heterocycles. The van der Waals surface area contributed by atoms with Gasteiger partial charge in [-0.05, 0) is 77.0 Å². The number of carbonyl (C=O) groups is 3. The molecule has 0 rings (SSSR count). The van der Waals surface area contributed by atoms with E-state index >= 15 is 0 Å². The van der Waals surface area contributed by atoms with Gasteiger partial charge in [-0.25, -0.2) is 4.79 Å². The second-order valence-electron chi connectivity index (χ2n) is 23.8. The standard InChI is InChI=1S/C69H127NO8/c1-6-8-10-12-14-16-18-20-22-24-26-27-28-29-30-31-32-33-34-35-36-37-38-39-40-41-42-44-46-48-50-52-54-56-58-60-67(72)78-65(64-77-69(68(73)74)75-62-61-70(3,4)5)63-76-66(71)59-57-55-53-51-49-47-45-43-25-23-21-19-17-15-13-11-9-7-2/h17-20,23-26,65,69H,6-16,21-22,27-64H2,1-5H3/p+1/b19-17-,20-18-,25-23-,26-24-. The van der Waals surface area contributed by atoms with Gasteiger partial charge >= 0.3 is 17.9 Å². The van der Waals surface area contributed by atoms with E-state index in [1.165, 1.54) is 225 Å². The molecule has 456 valence electrons. The predicted molar refractivity (Wildman–Crippen MR) is 332 cm³/mol. The summed E-state index contributed by atoms with van der Waals surface area (Å²) in [6.07, 6.45) is 73.6. The van der Waals surface area contributed by atoms with Crippen molar-refractivity contribution in [1.29, 1.82) is 0 Å². The van der Waals surface area contributed by atoms with Crippen LogP contribution in [0.3, 0.4) is 0 Å². The molecule has 2 atom stereocenters. The summed E-state index contributed by atoms with van der Waals surface area (Å²) in [5, 5.41) is 9.72. The highest BCUT2D eigenvalue weighted by Crippen LogP contribution is 2.18. The third-order valence-electron chi connectivity index (χ3n) is 14.8. The second-order valence-corrected chi connectivity index (χ2v) is 23.8. The van der Waals surface area contributed by atoms with Gasteiger partial charge in [-0.3, -0.25) is 9.59 Å². The van der Waals surface area contributed by atoms with E-state index in [1.54, 1.807) is 0 Å². The molecule has 0 spiro atoms. The zero-order valence-electron chi connectivity index (χ0n) is 52.1. The Bertz CT molecular complexity index is 1420. The molecule has 78 heavy (non-hydrogen) atoms. The van der Waals surface area contributed by atoms with E-state index in [-0.39, 0.29) is 32.2 Å². The summed E-state index contributed by atoms with van der Waals surface area (Å²) >= 11 is 0. The highest BCUT2D eigenvalue weighted by atomic mass is 16.7. The Hall–Kier alpha value is -2.75. The molecule has 0 aliphatic carbocycles. The first kappa shape index (κ1) is 75.2. The number of likely N-dealkylation sites (N-methyl/N-ethyl adjacent to an activating group) is 1. The van der Waals surface area contributed by atoms with Crippen LogP contribution in [0.1, 0.15) is 316 Å². The van der Waals surface area contributed by atoms with Crippen molar-refractivity contribution in [2.45, 2.75) is 328 Å². The second kappa shape index (κ2) is 60.3. The first-order valence-corrected chi connectivity index (χ1v) is 33.3. The van der Waals surface area contributed by atoms with Crippen LogP contribution >= 0.6 is 0 Å². The summed E-state index contributed by atoms with van der Waals surface area (Å²) in [5.41, 5.74) is 0. The van der Waals surface area contributed by atoms with Crippen molar-refractivity contribution in [2.24, 2.45) is 0 Å². The van der Waals surface area contributed by atoms with Crippen LogP contribution in [0.15, 0.2) is 48.6 Å². The van der Waals surface area contributed by atoms with Crippen LogP contribution in [-0.4, -0.2) is 87.4 Å². The fraction of sp³-hybridized carbons (Fsp3) is 0.841. The average molecular weight is 1100 g/mol. The van der Waals surface area contributed by atoms with E-state index in [9.17, 15) is 19.5 Å². The minimum atomic E-state index is -1.51. The Morgan fingerprint density at radius 2 is 0.692 bits per heavy atom. The summed E-state index contributed by atoms with van der Waals surface area (Å²) in [6.45, 7) is 4.88. The van der Waals surface area contributed by atoms with Crippen molar-refractivity contribution >= 4 is 17.9 Å². The maximum absolute atomic E-state index is 12.9. The van der Waals surface area contributed by atoms with E-state index in [0.29, 0.717) is 17.4 Å². The molecule has 0 heterocycles. The molecule has 0 aromatic rings. The number of hydrogen-bond acceptors (Lipinski definition) is 7. The number of rotatable bonds is 62. The molecule has 0 bridgehead atoms. The van der Waals surface area contributed by atoms with Gasteiger partial charge in [-0.2, -0.15) is 0 Å². The smallest absolute Gasteiger partial charge is 0.361 e. The molecule has 0 aliphatic rings. The molecule has 0 aromatic carbocycles. The van der Waals surface area contributed by atoms with Crippen LogP contribution in [0, 0.1) is 0 Å². The third kappa shape index (κ3) is 60.9. The van der Waals surface area contributed by atoms with Gasteiger partial charge in [-0.1, -0.05) is 274 Å². The van der Waals surface area contributed by atoms with Crippen molar-refractivity contribution in [3.63, 3.8) is 0 Å². The molecule has 0 aliphatic heterocycles. The number of quaternary nitrogens is 1. The van der Waals surface area contributed by atoms with Crippen molar-refractivity contribution < 1.29 is 42.9 Å². The lowest BCUT2D eigenvalue weighted by Crippen LogP contribution is -2.40. The van der Waals surface area contributed by atoms with E-state index in [2.05, 4.69) is 62.5 Å². The van der Waals surface area contributed by atoms with Crippen molar-refractivity contribution in [1.82, 2.24) is 0 Å². The van der Waals surface area contributed by atoms with Crippen LogP contribution in [0.25, 0.3) is 0 Å². The Morgan fingerprint density at radius 3 is 1.03 bits per heavy atom. The van der Waals surface area contributed by atoms with Gasteiger partial charge in [0.2, 0.25) is 0 Å². The fourth-order valence-electron chi connectivity index (χ4n) is 9.67. The molecule has 1 N–H and O–H groups in total. The van der Waals surface area contributed by atoms with Gasteiger partial charge < -0.3 is 28.5 Å². The lowest BCUT2D eigenvalue weighted by atomic mass is 10.0. The molecular weight excluding hydrogens is 971 g/mol. The van der Waals surface area contributed by atoms with Crippen molar-refractivity contribution in [3.05, 3.63) is 48.6 Å². The minimum absolute atomic E-state index is 0.183. The molecule has 0 fully saturated rings.